The van der Waals surface area contributed by atoms with Crippen LogP contribution >= 0.6 is 0 Å². The molecule has 4 saturated heterocycles. The molecule has 46 heavy (non-hydrogen) atoms. The van der Waals surface area contributed by atoms with Crippen LogP contribution in [0.2, 0.25) is 0 Å². The molecule has 2 aromatic rings. The Bertz CT molecular complexity index is 1520. The summed E-state index contributed by atoms with van der Waals surface area (Å²) in [5, 5.41) is 5.44. The van der Waals surface area contributed by atoms with Gasteiger partial charge in [-0.05, 0) is 59.8 Å². The third-order valence-electron chi connectivity index (χ3n) is 9.00. The van der Waals surface area contributed by atoms with Gasteiger partial charge in [0.15, 0.2) is 0 Å². The van der Waals surface area contributed by atoms with Crippen molar-refractivity contribution in [2.45, 2.75) is 89.5 Å². The zero-order chi connectivity index (χ0) is 33.1. The van der Waals surface area contributed by atoms with Crippen LogP contribution in [0.25, 0.3) is 0 Å². The van der Waals surface area contributed by atoms with E-state index in [0.717, 1.165) is 11.1 Å². The highest BCUT2D eigenvalue weighted by molar-refractivity contribution is 5.89. The average molecular weight is 629 g/mol. The summed E-state index contributed by atoms with van der Waals surface area (Å²) in [6.07, 6.45) is 1.09. The Morgan fingerprint density at radius 3 is 1.61 bits per heavy atom. The van der Waals surface area contributed by atoms with Crippen molar-refractivity contribution >= 4 is 24.0 Å². The summed E-state index contributed by atoms with van der Waals surface area (Å²) < 4.78 is 11.0. The number of rotatable bonds is 6. The van der Waals surface area contributed by atoms with Crippen LogP contribution < -0.4 is 10.6 Å². The Morgan fingerprint density at radius 2 is 1.15 bits per heavy atom. The lowest BCUT2D eigenvalue weighted by Gasteiger charge is -2.29. The molecule has 244 valence electrons. The first-order valence-electron chi connectivity index (χ1n) is 16.0. The molecule has 4 aliphatic heterocycles. The normalized spacial score (nSPS) is 24.8. The first kappa shape index (κ1) is 32.8. The summed E-state index contributed by atoms with van der Waals surface area (Å²) in [5.74, 6) is 0.535. The van der Waals surface area contributed by atoms with Crippen molar-refractivity contribution < 1.29 is 28.7 Å². The van der Waals surface area contributed by atoms with E-state index in [1.165, 1.54) is 20.9 Å². The Morgan fingerprint density at radius 1 is 0.674 bits per heavy atom. The molecule has 10 heteroatoms. The highest BCUT2D eigenvalue weighted by Gasteiger charge is 2.42. The predicted molar refractivity (Wildman–Crippen MR) is 174 cm³/mol. The van der Waals surface area contributed by atoms with Gasteiger partial charge < -0.3 is 20.1 Å². The number of hydrogen-bond donors (Lipinski definition) is 2. The molecular formula is C36H44N4O6. The first-order chi connectivity index (χ1) is 21.9. The fraction of sp³-hybridized carbons (Fsp3) is 0.444. The zero-order valence-electron chi connectivity index (χ0n) is 27.1. The van der Waals surface area contributed by atoms with Gasteiger partial charge in [-0.1, -0.05) is 89.4 Å². The number of amides is 4. The lowest BCUT2D eigenvalue weighted by molar-refractivity contribution is -0.126. The second-order valence-electron chi connectivity index (χ2n) is 13.0. The van der Waals surface area contributed by atoms with Gasteiger partial charge in [0.2, 0.25) is 11.8 Å². The second kappa shape index (κ2) is 13.8. The smallest absolute Gasteiger partial charge is 0.411 e. The minimum absolute atomic E-state index is 0.171. The Kier molecular flexibility index (Phi) is 9.84. The summed E-state index contributed by atoms with van der Waals surface area (Å²) in [6, 6.07) is 15.3. The van der Waals surface area contributed by atoms with Gasteiger partial charge in [0.05, 0.1) is 13.1 Å². The van der Waals surface area contributed by atoms with E-state index in [0.29, 0.717) is 62.0 Å². The summed E-state index contributed by atoms with van der Waals surface area (Å²) in [5.41, 5.74) is 5.82. The van der Waals surface area contributed by atoms with Gasteiger partial charge >= 0.3 is 12.2 Å². The van der Waals surface area contributed by atoms with Gasteiger partial charge in [-0.3, -0.25) is 19.4 Å². The molecule has 0 spiro atoms. The van der Waals surface area contributed by atoms with Gasteiger partial charge in [0.25, 0.3) is 0 Å². The third kappa shape index (κ3) is 7.27. The summed E-state index contributed by atoms with van der Waals surface area (Å²) in [7, 11) is 0. The van der Waals surface area contributed by atoms with E-state index in [1.54, 1.807) is 0 Å². The average Bonchev–Trinajstić information content (AvgIpc) is 3.60. The predicted octanol–water partition coefficient (Wildman–Crippen LogP) is 6.19. The van der Waals surface area contributed by atoms with Crippen molar-refractivity contribution in [1.82, 2.24) is 20.4 Å². The van der Waals surface area contributed by atoms with Gasteiger partial charge in [-0.25, -0.2) is 9.59 Å². The third-order valence-corrected chi connectivity index (χ3v) is 9.00. The molecule has 2 unspecified atom stereocenters. The van der Waals surface area contributed by atoms with Gasteiger partial charge in [-0.2, -0.15) is 0 Å². The maximum Gasteiger partial charge on any atom is 0.411 e. The van der Waals surface area contributed by atoms with Crippen LogP contribution in [0.1, 0.15) is 99.7 Å². The number of allylic oxidation sites excluding steroid dienone is 2. The van der Waals surface area contributed by atoms with Crippen molar-refractivity contribution in [1.29, 1.82) is 0 Å². The first-order valence-corrected chi connectivity index (χ1v) is 16.0. The van der Waals surface area contributed by atoms with Crippen LogP contribution in [-0.2, 0) is 19.1 Å². The minimum atomic E-state index is -0.466. The topological polar surface area (TPSA) is 117 Å². The summed E-state index contributed by atoms with van der Waals surface area (Å²) >= 11 is 0. The van der Waals surface area contributed by atoms with E-state index in [9.17, 15) is 19.2 Å². The van der Waals surface area contributed by atoms with Crippen molar-refractivity contribution in [3.63, 3.8) is 0 Å². The maximum atomic E-state index is 12.2. The van der Waals surface area contributed by atoms with Crippen LogP contribution in [0.15, 0.2) is 73.1 Å². The quantitative estimate of drug-likeness (QED) is 0.394. The summed E-state index contributed by atoms with van der Waals surface area (Å²) in [4.78, 5) is 51.6. The minimum Gasteiger partial charge on any atom is -0.439 e. The molecule has 4 atom stereocenters. The molecule has 0 aromatic heterocycles. The number of benzene rings is 2. The number of ether oxygens (including phenoxy) is 2. The lowest BCUT2D eigenvalue weighted by Crippen LogP contribution is -2.49. The molecule has 10 nitrogen and oxygen atoms in total. The van der Waals surface area contributed by atoms with Crippen LogP contribution in [0.3, 0.4) is 0 Å². The number of nitrogens with zero attached hydrogens (tertiary/aromatic N) is 2. The number of hydrogen-bond acceptors (Lipinski definition) is 6. The highest BCUT2D eigenvalue weighted by Crippen LogP contribution is 2.32. The van der Waals surface area contributed by atoms with E-state index in [2.05, 4.69) is 75.8 Å². The van der Waals surface area contributed by atoms with Crippen molar-refractivity contribution in [3.05, 3.63) is 95.3 Å². The Balaban J connectivity index is 0.000000181. The van der Waals surface area contributed by atoms with E-state index in [1.807, 2.05) is 24.3 Å². The number of carbonyl (C=O) groups is 4. The SMILES string of the molecule is C=C1CCC(N2C[C@@H](c3ccc(C(C)C)cc3)OC2=O)C(=O)N1.C=C1CCC(N2C[C@H](c3cccc(C(C)C)c3)OC2=O)C(=O)N1. The molecular weight excluding hydrogens is 584 g/mol. The van der Waals surface area contributed by atoms with Crippen molar-refractivity contribution in [3.8, 4) is 0 Å². The van der Waals surface area contributed by atoms with E-state index in [-0.39, 0.29) is 24.0 Å². The second-order valence-corrected chi connectivity index (χ2v) is 13.0. The van der Waals surface area contributed by atoms with Gasteiger partial charge in [-0.15, -0.1) is 0 Å². The van der Waals surface area contributed by atoms with Crippen LogP contribution in [-0.4, -0.2) is 59.0 Å². The van der Waals surface area contributed by atoms with Crippen LogP contribution in [0.4, 0.5) is 9.59 Å². The fourth-order valence-corrected chi connectivity index (χ4v) is 6.15. The van der Waals surface area contributed by atoms with Crippen LogP contribution in [0.5, 0.6) is 0 Å². The number of nitrogens with one attached hydrogen (secondary N) is 2. The summed E-state index contributed by atoms with van der Waals surface area (Å²) in [6.45, 7) is 16.9. The molecule has 2 aromatic carbocycles. The molecule has 2 N–H and O–H groups in total. The standard InChI is InChI=1S/2C18H22N2O3/c1-11(2)13-5-7-14(8-6-13)16-10-20(18(22)23-16)15-9-4-12(3)19-17(15)21;1-11(2)13-5-4-6-14(9-13)16-10-20(18(22)23-16)15-8-7-12(3)19-17(15)21/h5-8,11,15-16H,3-4,9-10H2,1-2H3,(H,19,21);4-6,9,11,15-16H,3,7-8,10H2,1-2H3,(H,19,21)/t2*15?,16-/m01/s1. The molecule has 4 fully saturated rings. The molecule has 4 amide bonds. The lowest BCUT2D eigenvalue weighted by atomic mass is 9.98. The number of piperidine rings is 2. The highest BCUT2D eigenvalue weighted by atomic mass is 16.6. The number of cyclic esters (lactones) is 2. The Labute approximate surface area is 270 Å². The van der Waals surface area contributed by atoms with Gasteiger partial charge in [0, 0.05) is 11.4 Å². The van der Waals surface area contributed by atoms with Gasteiger partial charge in [0.1, 0.15) is 24.3 Å². The monoisotopic (exact) mass is 628 g/mol. The van der Waals surface area contributed by atoms with E-state index in [4.69, 9.17) is 9.47 Å². The molecule has 0 bridgehead atoms. The Hall–Kier alpha value is -4.60. The molecule has 0 aliphatic carbocycles. The molecule has 0 radical (unpaired) electrons. The molecule has 4 aliphatic rings. The largest absolute Gasteiger partial charge is 0.439 e. The molecule has 6 rings (SSSR count). The maximum absolute atomic E-state index is 12.2. The van der Waals surface area contributed by atoms with Crippen LogP contribution in [0, 0.1) is 0 Å². The molecule has 0 saturated carbocycles. The zero-order valence-corrected chi connectivity index (χ0v) is 27.1. The van der Waals surface area contributed by atoms with Crippen molar-refractivity contribution in [2.75, 3.05) is 13.1 Å². The van der Waals surface area contributed by atoms with E-state index < -0.39 is 24.3 Å². The number of carbonyl (C=O) groups excluding carboxylic acids is 4. The fourth-order valence-electron chi connectivity index (χ4n) is 6.15. The van der Waals surface area contributed by atoms with Crippen molar-refractivity contribution in [2.24, 2.45) is 0 Å². The molecule has 4 heterocycles. The van der Waals surface area contributed by atoms with E-state index >= 15 is 0 Å².